The van der Waals surface area contributed by atoms with E-state index >= 15 is 0 Å². The Hall–Kier alpha value is -0.870. The van der Waals surface area contributed by atoms with Crippen molar-refractivity contribution >= 4 is 0 Å². The molecule has 2 atom stereocenters. The second-order valence-corrected chi connectivity index (χ2v) is 4.70. The molecule has 1 aliphatic heterocycles. The van der Waals surface area contributed by atoms with E-state index in [-0.39, 0.29) is 0 Å². The van der Waals surface area contributed by atoms with Gasteiger partial charge in [0.15, 0.2) is 0 Å². The van der Waals surface area contributed by atoms with Crippen molar-refractivity contribution in [2.75, 3.05) is 13.2 Å². The molecular weight excluding hydrogens is 202 g/mol. The molecule has 0 amide bonds. The van der Waals surface area contributed by atoms with E-state index in [0.717, 1.165) is 31.9 Å². The Morgan fingerprint density at radius 3 is 3.00 bits per heavy atom. The molecule has 0 aromatic carbocycles. The van der Waals surface area contributed by atoms with E-state index in [0.29, 0.717) is 12.1 Å². The lowest BCUT2D eigenvalue weighted by Gasteiger charge is -2.19. The summed E-state index contributed by atoms with van der Waals surface area (Å²) in [6.07, 6.45) is 3.06. The molecule has 0 aliphatic carbocycles. The minimum atomic E-state index is 0.457. The molecule has 1 aromatic rings. The Morgan fingerprint density at radius 2 is 2.44 bits per heavy atom. The van der Waals surface area contributed by atoms with E-state index in [1.54, 1.807) is 0 Å². The largest absolute Gasteiger partial charge is 0.380 e. The second-order valence-electron chi connectivity index (χ2n) is 4.70. The highest BCUT2D eigenvalue weighted by Crippen LogP contribution is 2.08. The molecule has 1 aliphatic rings. The Morgan fingerprint density at radius 1 is 1.62 bits per heavy atom. The topological polar surface area (TPSA) is 39.1 Å². The Labute approximate surface area is 97.0 Å². The number of hydrogen-bond acceptors (Lipinski definition) is 3. The fraction of sp³-hybridized carbons (Fsp3) is 0.750. The average Bonchev–Trinajstić information content (AvgIpc) is 2.83. The highest BCUT2D eigenvalue weighted by Gasteiger charge is 2.17. The van der Waals surface area contributed by atoms with Gasteiger partial charge in [0.1, 0.15) is 0 Å². The highest BCUT2D eigenvalue weighted by atomic mass is 16.5. The lowest BCUT2D eigenvalue weighted by atomic mass is 10.2. The molecule has 90 valence electrons. The normalized spacial score (nSPS) is 22.6. The second kappa shape index (κ2) is 4.97. The molecular formula is C12H21N3O. The van der Waals surface area contributed by atoms with Crippen LogP contribution in [0, 0.1) is 13.8 Å². The Balaban J connectivity index is 1.86. The molecule has 1 aromatic heterocycles. The predicted molar refractivity (Wildman–Crippen MR) is 63.5 cm³/mol. The third-order valence-electron chi connectivity index (χ3n) is 3.27. The van der Waals surface area contributed by atoms with Crippen molar-refractivity contribution in [2.24, 2.45) is 0 Å². The molecule has 0 bridgehead atoms. The number of nitrogens with one attached hydrogen (secondary N) is 1. The van der Waals surface area contributed by atoms with E-state index in [9.17, 15) is 0 Å². The number of aromatic nitrogens is 2. The maximum Gasteiger partial charge on any atom is 0.0951 e. The van der Waals surface area contributed by atoms with Gasteiger partial charge in [0, 0.05) is 30.9 Å². The van der Waals surface area contributed by atoms with Crippen LogP contribution in [-0.2, 0) is 11.3 Å². The maximum atomic E-state index is 5.35. The van der Waals surface area contributed by atoms with Crippen LogP contribution in [0.2, 0.25) is 0 Å². The number of imidazole rings is 1. The molecule has 2 rings (SSSR count). The van der Waals surface area contributed by atoms with E-state index < -0.39 is 0 Å². The lowest BCUT2D eigenvalue weighted by Crippen LogP contribution is -2.39. The predicted octanol–water partition coefficient (Wildman–Crippen LogP) is 1.27. The fourth-order valence-corrected chi connectivity index (χ4v) is 2.14. The molecule has 0 spiro atoms. The highest BCUT2D eigenvalue weighted by molar-refractivity contribution is 5.08. The standard InChI is InChI=1S/C12H21N3O/c1-9(14-12-4-5-16-7-12)6-15-8-13-10(2)11(15)3/h8-9,12,14H,4-7H2,1-3H3. The third kappa shape index (κ3) is 2.62. The quantitative estimate of drug-likeness (QED) is 0.835. The molecule has 4 heteroatoms. The summed E-state index contributed by atoms with van der Waals surface area (Å²) >= 11 is 0. The molecule has 16 heavy (non-hydrogen) atoms. The first-order valence-electron chi connectivity index (χ1n) is 5.99. The van der Waals surface area contributed by atoms with Gasteiger partial charge < -0.3 is 14.6 Å². The van der Waals surface area contributed by atoms with Gasteiger partial charge in [-0.3, -0.25) is 0 Å². The summed E-state index contributed by atoms with van der Waals surface area (Å²) in [6.45, 7) is 9.11. The number of nitrogens with zero attached hydrogens (tertiary/aromatic N) is 2. The molecule has 2 unspecified atom stereocenters. The summed E-state index contributed by atoms with van der Waals surface area (Å²) in [6, 6.07) is 0.985. The summed E-state index contributed by atoms with van der Waals surface area (Å²) in [5.74, 6) is 0. The maximum absolute atomic E-state index is 5.35. The van der Waals surface area contributed by atoms with E-state index in [2.05, 4.69) is 35.6 Å². The summed E-state index contributed by atoms with van der Waals surface area (Å²) in [5.41, 5.74) is 2.38. The Bertz CT molecular complexity index is 342. The van der Waals surface area contributed by atoms with Crippen LogP contribution in [0.4, 0.5) is 0 Å². The van der Waals surface area contributed by atoms with Gasteiger partial charge in [-0.15, -0.1) is 0 Å². The van der Waals surface area contributed by atoms with Crippen LogP contribution in [0.15, 0.2) is 6.33 Å². The smallest absolute Gasteiger partial charge is 0.0951 e. The van der Waals surface area contributed by atoms with Gasteiger partial charge in [-0.2, -0.15) is 0 Å². The fourth-order valence-electron chi connectivity index (χ4n) is 2.14. The first-order valence-corrected chi connectivity index (χ1v) is 5.99. The van der Waals surface area contributed by atoms with E-state index in [1.807, 2.05) is 6.33 Å². The van der Waals surface area contributed by atoms with Crippen LogP contribution >= 0.6 is 0 Å². The van der Waals surface area contributed by atoms with Gasteiger partial charge in [0.05, 0.1) is 18.6 Å². The van der Waals surface area contributed by atoms with Gasteiger partial charge >= 0.3 is 0 Å². The summed E-state index contributed by atoms with van der Waals surface area (Å²) in [7, 11) is 0. The van der Waals surface area contributed by atoms with Crippen molar-refractivity contribution in [3.05, 3.63) is 17.7 Å². The minimum Gasteiger partial charge on any atom is -0.380 e. The molecule has 1 N–H and O–H groups in total. The molecule has 1 saturated heterocycles. The first kappa shape index (κ1) is 11.6. The Kier molecular flexibility index (Phi) is 3.61. The number of rotatable bonds is 4. The monoisotopic (exact) mass is 223 g/mol. The average molecular weight is 223 g/mol. The minimum absolute atomic E-state index is 0.457. The van der Waals surface area contributed by atoms with Crippen LogP contribution in [0.1, 0.15) is 24.7 Å². The third-order valence-corrected chi connectivity index (χ3v) is 3.27. The summed E-state index contributed by atoms with van der Waals surface area (Å²) in [4.78, 5) is 4.31. The van der Waals surface area contributed by atoms with Gasteiger partial charge in [0.25, 0.3) is 0 Å². The van der Waals surface area contributed by atoms with Crippen LogP contribution in [0.3, 0.4) is 0 Å². The van der Waals surface area contributed by atoms with Gasteiger partial charge in [-0.1, -0.05) is 0 Å². The van der Waals surface area contributed by atoms with Gasteiger partial charge in [-0.05, 0) is 27.2 Å². The van der Waals surface area contributed by atoms with Crippen molar-refractivity contribution in [3.63, 3.8) is 0 Å². The van der Waals surface area contributed by atoms with Crippen molar-refractivity contribution in [1.82, 2.24) is 14.9 Å². The molecule has 2 heterocycles. The zero-order valence-electron chi connectivity index (χ0n) is 10.4. The summed E-state index contributed by atoms with van der Waals surface area (Å²) < 4.78 is 7.57. The molecule has 0 saturated carbocycles. The van der Waals surface area contributed by atoms with Crippen LogP contribution in [0.5, 0.6) is 0 Å². The first-order chi connectivity index (χ1) is 7.66. The lowest BCUT2D eigenvalue weighted by molar-refractivity contribution is 0.187. The van der Waals surface area contributed by atoms with Gasteiger partial charge in [-0.25, -0.2) is 4.98 Å². The van der Waals surface area contributed by atoms with Crippen molar-refractivity contribution in [1.29, 1.82) is 0 Å². The van der Waals surface area contributed by atoms with Gasteiger partial charge in [0.2, 0.25) is 0 Å². The summed E-state index contributed by atoms with van der Waals surface area (Å²) in [5, 5.41) is 3.59. The van der Waals surface area contributed by atoms with Crippen LogP contribution in [-0.4, -0.2) is 34.8 Å². The molecule has 4 nitrogen and oxygen atoms in total. The van der Waals surface area contributed by atoms with Crippen molar-refractivity contribution in [2.45, 2.75) is 45.8 Å². The van der Waals surface area contributed by atoms with Crippen LogP contribution in [0.25, 0.3) is 0 Å². The van der Waals surface area contributed by atoms with Crippen LogP contribution < -0.4 is 5.32 Å². The molecule has 0 radical (unpaired) electrons. The zero-order chi connectivity index (χ0) is 11.5. The zero-order valence-corrected chi connectivity index (χ0v) is 10.4. The number of hydrogen-bond donors (Lipinski definition) is 1. The number of aryl methyl sites for hydroxylation is 1. The SMILES string of the molecule is Cc1ncn(CC(C)NC2CCOC2)c1C. The van der Waals surface area contributed by atoms with E-state index in [1.165, 1.54) is 5.69 Å². The van der Waals surface area contributed by atoms with Crippen molar-refractivity contribution in [3.8, 4) is 0 Å². The molecule has 1 fully saturated rings. The van der Waals surface area contributed by atoms with Crippen molar-refractivity contribution < 1.29 is 4.74 Å². The van der Waals surface area contributed by atoms with E-state index in [4.69, 9.17) is 4.74 Å². The number of ether oxygens (including phenoxy) is 1.